The van der Waals surface area contributed by atoms with Crippen LogP contribution in [0.25, 0.3) is 11.1 Å². The Bertz CT molecular complexity index is 1140. The molecule has 29 heavy (non-hydrogen) atoms. The zero-order valence-corrected chi connectivity index (χ0v) is 17.7. The van der Waals surface area contributed by atoms with Crippen molar-refractivity contribution in [3.63, 3.8) is 0 Å². The largest absolute Gasteiger partial charge is 0.304 e. The van der Waals surface area contributed by atoms with Crippen LogP contribution in [0.1, 0.15) is 15.9 Å². The number of hydrogen-bond donors (Lipinski definition) is 1. The van der Waals surface area contributed by atoms with Crippen molar-refractivity contribution >= 4 is 39.3 Å². The lowest BCUT2D eigenvalue weighted by atomic mass is 10.0. The fourth-order valence-corrected chi connectivity index (χ4v) is 3.60. The van der Waals surface area contributed by atoms with Gasteiger partial charge in [-0.3, -0.25) is 9.48 Å². The van der Waals surface area contributed by atoms with Crippen molar-refractivity contribution in [1.29, 1.82) is 0 Å². The number of nitrogens with one attached hydrogen (secondary N) is 1. The first-order chi connectivity index (χ1) is 14.1. The third-order valence-corrected chi connectivity index (χ3v) is 5.44. The Kier molecular flexibility index (Phi) is 5.79. The van der Waals surface area contributed by atoms with E-state index in [2.05, 4.69) is 26.3 Å². The predicted octanol–water partition coefficient (Wildman–Crippen LogP) is 6.27. The van der Waals surface area contributed by atoms with Gasteiger partial charge in [0.1, 0.15) is 0 Å². The first-order valence-electron chi connectivity index (χ1n) is 9.03. The molecule has 0 spiro atoms. The smallest absolute Gasteiger partial charge is 0.256 e. The fraction of sp³-hybridized carbons (Fsp3) is 0.0435. The van der Waals surface area contributed by atoms with E-state index in [9.17, 15) is 4.79 Å². The second-order valence-corrected chi connectivity index (χ2v) is 7.77. The first-order valence-corrected chi connectivity index (χ1v) is 10.2. The van der Waals surface area contributed by atoms with Crippen molar-refractivity contribution in [3.05, 3.63) is 106 Å². The molecule has 6 heteroatoms. The Hall–Kier alpha value is -2.89. The average Bonchev–Trinajstić information content (AvgIpc) is 3.09. The van der Waals surface area contributed by atoms with Crippen molar-refractivity contribution in [2.45, 2.75) is 6.54 Å². The molecular weight excluding hydrogens is 450 g/mol. The second kappa shape index (κ2) is 8.64. The van der Waals surface area contributed by atoms with Crippen LogP contribution in [0, 0.1) is 0 Å². The second-order valence-electron chi connectivity index (χ2n) is 6.51. The molecule has 144 valence electrons. The number of hydrogen-bond acceptors (Lipinski definition) is 2. The minimum atomic E-state index is -0.215. The summed E-state index contributed by atoms with van der Waals surface area (Å²) in [5, 5.41) is 8.00. The molecule has 0 saturated carbocycles. The molecule has 0 unspecified atom stereocenters. The number of anilines is 1. The lowest BCUT2D eigenvalue weighted by molar-refractivity contribution is 0.102. The van der Waals surface area contributed by atoms with E-state index in [1.165, 1.54) is 0 Å². The lowest BCUT2D eigenvalue weighted by Gasteiger charge is -2.06. The number of carbonyl (C=O) groups excluding carboxylic acids is 1. The van der Waals surface area contributed by atoms with E-state index in [-0.39, 0.29) is 5.91 Å². The molecule has 4 nitrogen and oxygen atoms in total. The summed E-state index contributed by atoms with van der Waals surface area (Å²) in [6.45, 7) is 0.514. The number of aromatic nitrogens is 2. The van der Waals surface area contributed by atoms with Crippen LogP contribution >= 0.6 is 27.5 Å². The fourth-order valence-electron chi connectivity index (χ4n) is 2.99. The van der Waals surface area contributed by atoms with Gasteiger partial charge in [-0.25, -0.2) is 0 Å². The minimum Gasteiger partial charge on any atom is -0.304 e. The van der Waals surface area contributed by atoms with Gasteiger partial charge in [-0.2, -0.15) is 5.10 Å². The number of halogens is 2. The zero-order chi connectivity index (χ0) is 20.2. The summed E-state index contributed by atoms with van der Waals surface area (Å²) < 4.78 is 2.44. The Morgan fingerprint density at radius 1 is 0.931 bits per heavy atom. The highest BCUT2D eigenvalue weighted by Gasteiger charge is 2.13. The molecule has 1 aromatic heterocycles. The number of benzene rings is 3. The summed E-state index contributed by atoms with van der Waals surface area (Å²) >= 11 is 9.68. The topological polar surface area (TPSA) is 46.9 Å². The Morgan fingerprint density at radius 3 is 2.31 bits per heavy atom. The molecule has 1 amide bonds. The summed E-state index contributed by atoms with van der Waals surface area (Å²) in [6.07, 6.45) is 1.82. The van der Waals surface area contributed by atoms with E-state index < -0.39 is 0 Å². The van der Waals surface area contributed by atoms with E-state index in [4.69, 9.17) is 11.6 Å². The van der Waals surface area contributed by atoms with E-state index in [0.29, 0.717) is 27.4 Å². The minimum absolute atomic E-state index is 0.215. The van der Waals surface area contributed by atoms with Gasteiger partial charge in [0.15, 0.2) is 5.82 Å². The lowest BCUT2D eigenvalue weighted by Crippen LogP contribution is -2.13. The van der Waals surface area contributed by atoms with Crippen LogP contribution < -0.4 is 5.32 Å². The van der Waals surface area contributed by atoms with Crippen LogP contribution in [0.3, 0.4) is 0 Å². The van der Waals surface area contributed by atoms with Gasteiger partial charge in [0, 0.05) is 16.8 Å². The van der Waals surface area contributed by atoms with Crippen LogP contribution in [0.2, 0.25) is 5.02 Å². The summed E-state index contributed by atoms with van der Waals surface area (Å²) in [7, 11) is 0. The highest BCUT2D eigenvalue weighted by Crippen LogP contribution is 2.24. The summed E-state index contributed by atoms with van der Waals surface area (Å²) in [5.41, 5.74) is 3.70. The van der Waals surface area contributed by atoms with Crippen LogP contribution in [0.4, 0.5) is 5.82 Å². The molecule has 0 atom stereocenters. The van der Waals surface area contributed by atoms with E-state index in [1.54, 1.807) is 4.68 Å². The van der Waals surface area contributed by atoms with E-state index in [0.717, 1.165) is 16.7 Å². The van der Waals surface area contributed by atoms with Crippen molar-refractivity contribution < 1.29 is 4.79 Å². The summed E-state index contributed by atoms with van der Waals surface area (Å²) in [4.78, 5) is 12.6. The van der Waals surface area contributed by atoms with Crippen molar-refractivity contribution in [2.75, 3.05) is 5.32 Å². The maximum atomic E-state index is 12.6. The van der Waals surface area contributed by atoms with Gasteiger partial charge in [0.05, 0.1) is 11.0 Å². The highest BCUT2D eigenvalue weighted by molar-refractivity contribution is 9.10. The van der Waals surface area contributed by atoms with Gasteiger partial charge < -0.3 is 5.32 Å². The van der Waals surface area contributed by atoms with E-state index >= 15 is 0 Å². The van der Waals surface area contributed by atoms with Gasteiger partial charge in [0.2, 0.25) is 0 Å². The van der Waals surface area contributed by atoms with Crippen LogP contribution in [0.5, 0.6) is 0 Å². The number of amides is 1. The molecule has 1 N–H and O–H groups in total. The number of nitrogens with zero attached hydrogens (tertiary/aromatic N) is 2. The molecule has 0 aliphatic heterocycles. The zero-order valence-electron chi connectivity index (χ0n) is 15.3. The maximum Gasteiger partial charge on any atom is 0.256 e. The monoisotopic (exact) mass is 465 g/mol. The molecule has 4 aromatic rings. The molecule has 0 radical (unpaired) electrons. The quantitative estimate of drug-likeness (QED) is 0.377. The summed E-state index contributed by atoms with van der Waals surface area (Å²) in [5.74, 6) is 0.252. The first kappa shape index (κ1) is 19.4. The number of carbonyl (C=O) groups is 1. The van der Waals surface area contributed by atoms with Crippen molar-refractivity contribution in [2.24, 2.45) is 0 Å². The molecule has 3 aromatic carbocycles. The SMILES string of the molecule is O=C(Nc1nn(Cc2ccccc2Cl)cc1Br)c1ccc(-c2ccccc2)cc1. The third kappa shape index (κ3) is 4.58. The van der Waals surface area contributed by atoms with Crippen LogP contribution in [-0.2, 0) is 6.54 Å². The molecule has 0 bridgehead atoms. The predicted molar refractivity (Wildman–Crippen MR) is 120 cm³/mol. The molecule has 0 saturated heterocycles. The molecule has 0 aliphatic rings. The van der Waals surface area contributed by atoms with Crippen molar-refractivity contribution in [1.82, 2.24) is 9.78 Å². The maximum absolute atomic E-state index is 12.6. The van der Waals surface area contributed by atoms with Crippen molar-refractivity contribution in [3.8, 4) is 11.1 Å². The summed E-state index contributed by atoms with van der Waals surface area (Å²) in [6, 6.07) is 25.2. The van der Waals surface area contributed by atoms with Gasteiger partial charge >= 0.3 is 0 Å². The highest BCUT2D eigenvalue weighted by atomic mass is 79.9. The van der Waals surface area contributed by atoms with Crippen LogP contribution in [-0.4, -0.2) is 15.7 Å². The third-order valence-electron chi connectivity index (χ3n) is 4.49. The van der Waals surface area contributed by atoms with Gasteiger partial charge in [-0.1, -0.05) is 72.3 Å². The van der Waals surface area contributed by atoms with Crippen LogP contribution in [0.15, 0.2) is 89.5 Å². The average molecular weight is 467 g/mol. The molecular formula is C23H17BrClN3O. The molecule has 4 rings (SSSR count). The standard InChI is InChI=1S/C23H17BrClN3O/c24-20-15-28(14-19-8-4-5-9-21(19)25)27-22(20)26-23(29)18-12-10-17(11-13-18)16-6-2-1-3-7-16/h1-13,15H,14H2,(H,26,27,29). The van der Waals surface area contributed by atoms with Gasteiger partial charge in [-0.15, -0.1) is 0 Å². The Labute approximate surface area is 182 Å². The van der Waals surface area contributed by atoms with Gasteiger partial charge in [0.25, 0.3) is 5.91 Å². The number of rotatable bonds is 5. The Morgan fingerprint density at radius 2 is 1.59 bits per heavy atom. The van der Waals surface area contributed by atoms with Gasteiger partial charge in [-0.05, 0) is 50.8 Å². The molecule has 0 fully saturated rings. The normalized spacial score (nSPS) is 10.7. The van der Waals surface area contributed by atoms with E-state index in [1.807, 2.05) is 85.1 Å². The molecule has 0 aliphatic carbocycles. The Balaban J connectivity index is 1.47. The molecule has 1 heterocycles.